The van der Waals surface area contributed by atoms with Crippen LogP contribution in [0.2, 0.25) is 0 Å². The Morgan fingerprint density at radius 1 is 1.50 bits per heavy atom. The molecule has 2 rings (SSSR count). The van der Waals surface area contributed by atoms with Crippen molar-refractivity contribution in [1.82, 2.24) is 4.90 Å². The summed E-state index contributed by atoms with van der Waals surface area (Å²) in [5, 5.41) is 12.7. The van der Waals surface area contributed by atoms with Crippen LogP contribution in [-0.2, 0) is 0 Å². The second kappa shape index (κ2) is 5.40. The Hall–Kier alpha value is -1.55. The first-order valence-electron chi connectivity index (χ1n) is 6.33. The number of likely N-dealkylation sites (N-methyl/N-ethyl adjacent to an activating group) is 1. The van der Waals surface area contributed by atoms with Crippen molar-refractivity contribution in [2.24, 2.45) is 5.92 Å². The normalized spacial score (nSPS) is 16.2. The van der Waals surface area contributed by atoms with Gasteiger partial charge in [0.1, 0.15) is 0 Å². The lowest BCUT2D eigenvalue weighted by atomic mass is 10.2. The number of urea groups is 1. The Morgan fingerprint density at radius 2 is 2.17 bits per heavy atom. The molecule has 0 heterocycles. The van der Waals surface area contributed by atoms with E-state index in [9.17, 15) is 9.90 Å². The van der Waals surface area contributed by atoms with Gasteiger partial charge < -0.3 is 15.3 Å². The largest absolute Gasteiger partial charge is 0.391 e. The fraction of sp³-hybridized carbons (Fsp3) is 0.500. The van der Waals surface area contributed by atoms with Gasteiger partial charge in [-0.2, -0.15) is 0 Å². The number of hydrogen-bond donors (Lipinski definition) is 2. The van der Waals surface area contributed by atoms with Crippen molar-refractivity contribution in [2.75, 3.05) is 18.9 Å². The first-order chi connectivity index (χ1) is 8.58. The molecule has 1 fully saturated rings. The summed E-state index contributed by atoms with van der Waals surface area (Å²) >= 11 is 0. The zero-order chi connectivity index (χ0) is 13.1. The number of rotatable bonds is 4. The van der Waals surface area contributed by atoms with Gasteiger partial charge in [-0.1, -0.05) is 18.2 Å². The van der Waals surface area contributed by atoms with E-state index < -0.39 is 6.10 Å². The molecule has 98 valence electrons. The molecule has 1 aromatic carbocycles. The molecule has 0 saturated heterocycles. The maximum atomic E-state index is 11.9. The van der Waals surface area contributed by atoms with Crippen molar-refractivity contribution in [3.63, 3.8) is 0 Å². The molecule has 0 radical (unpaired) electrons. The quantitative estimate of drug-likeness (QED) is 0.858. The predicted octanol–water partition coefficient (Wildman–Crippen LogP) is 2.23. The van der Waals surface area contributed by atoms with Gasteiger partial charge in [-0.05, 0) is 37.3 Å². The van der Waals surface area contributed by atoms with Crippen molar-refractivity contribution in [3.8, 4) is 0 Å². The van der Waals surface area contributed by atoms with Gasteiger partial charge >= 0.3 is 6.03 Å². The van der Waals surface area contributed by atoms with Crippen molar-refractivity contribution < 1.29 is 9.90 Å². The highest BCUT2D eigenvalue weighted by Gasteiger charge is 2.31. The molecule has 1 unspecified atom stereocenters. The van der Waals surface area contributed by atoms with Crippen molar-refractivity contribution in [1.29, 1.82) is 0 Å². The highest BCUT2D eigenvalue weighted by atomic mass is 16.3. The Morgan fingerprint density at radius 3 is 2.78 bits per heavy atom. The van der Waals surface area contributed by atoms with Crippen LogP contribution in [0.15, 0.2) is 24.3 Å². The van der Waals surface area contributed by atoms with E-state index in [1.807, 2.05) is 31.2 Å². The van der Waals surface area contributed by atoms with E-state index in [-0.39, 0.29) is 6.03 Å². The van der Waals surface area contributed by atoms with Crippen LogP contribution < -0.4 is 5.32 Å². The second-order valence-electron chi connectivity index (χ2n) is 5.03. The standard InChI is InChI=1S/C14H20N2O2/c1-10-5-3-4-6-12(10)15-14(18)16(2)9-13(17)11-7-8-11/h3-6,11,13,17H,7-9H2,1-2H3,(H,15,18). The Balaban J connectivity index is 1.88. The van der Waals surface area contributed by atoms with Crippen LogP contribution in [-0.4, -0.2) is 35.7 Å². The number of anilines is 1. The summed E-state index contributed by atoms with van der Waals surface area (Å²) < 4.78 is 0. The number of aliphatic hydroxyl groups excluding tert-OH is 1. The molecule has 18 heavy (non-hydrogen) atoms. The third kappa shape index (κ3) is 3.23. The number of aryl methyl sites for hydroxylation is 1. The summed E-state index contributed by atoms with van der Waals surface area (Å²) in [5.74, 6) is 0.388. The van der Waals surface area contributed by atoms with Gasteiger partial charge in [0.25, 0.3) is 0 Å². The number of hydrogen-bond acceptors (Lipinski definition) is 2. The summed E-state index contributed by atoms with van der Waals surface area (Å²) in [6.07, 6.45) is 1.76. The second-order valence-corrected chi connectivity index (χ2v) is 5.03. The molecule has 1 aliphatic carbocycles. The Labute approximate surface area is 108 Å². The fourth-order valence-electron chi connectivity index (χ4n) is 1.92. The molecule has 1 aromatic rings. The van der Waals surface area contributed by atoms with Gasteiger partial charge in [-0.15, -0.1) is 0 Å². The summed E-state index contributed by atoms with van der Waals surface area (Å²) in [5.41, 5.74) is 1.84. The third-order valence-electron chi connectivity index (χ3n) is 3.36. The third-order valence-corrected chi connectivity index (χ3v) is 3.36. The number of nitrogens with zero attached hydrogens (tertiary/aromatic N) is 1. The molecule has 2 N–H and O–H groups in total. The molecule has 0 spiro atoms. The van der Waals surface area contributed by atoms with Gasteiger partial charge in [0.05, 0.1) is 6.10 Å². The predicted molar refractivity (Wildman–Crippen MR) is 71.6 cm³/mol. The monoisotopic (exact) mass is 248 g/mol. The van der Waals surface area contributed by atoms with Gasteiger partial charge in [0, 0.05) is 19.3 Å². The van der Waals surface area contributed by atoms with Gasteiger partial charge in [0.15, 0.2) is 0 Å². The molecule has 0 aromatic heterocycles. The average molecular weight is 248 g/mol. The van der Waals surface area contributed by atoms with Crippen LogP contribution in [0.5, 0.6) is 0 Å². The SMILES string of the molecule is Cc1ccccc1NC(=O)N(C)CC(O)C1CC1. The fourth-order valence-corrected chi connectivity index (χ4v) is 1.92. The van der Waals surface area contributed by atoms with Crippen LogP contribution >= 0.6 is 0 Å². The highest BCUT2D eigenvalue weighted by molar-refractivity contribution is 5.89. The average Bonchev–Trinajstić information content (AvgIpc) is 3.15. The highest BCUT2D eigenvalue weighted by Crippen LogP contribution is 2.32. The minimum absolute atomic E-state index is 0.177. The minimum Gasteiger partial charge on any atom is -0.391 e. The molecule has 4 nitrogen and oxygen atoms in total. The van der Waals surface area contributed by atoms with E-state index in [4.69, 9.17) is 0 Å². The Bertz CT molecular complexity index is 430. The van der Waals surface area contributed by atoms with E-state index in [0.29, 0.717) is 12.5 Å². The zero-order valence-electron chi connectivity index (χ0n) is 10.9. The van der Waals surface area contributed by atoms with Crippen molar-refractivity contribution in [2.45, 2.75) is 25.9 Å². The van der Waals surface area contributed by atoms with Crippen LogP contribution in [0, 0.1) is 12.8 Å². The topological polar surface area (TPSA) is 52.6 Å². The number of carbonyl (C=O) groups is 1. The van der Waals surface area contributed by atoms with E-state index in [2.05, 4.69) is 5.32 Å². The number of aliphatic hydroxyl groups is 1. The summed E-state index contributed by atoms with van der Waals surface area (Å²) in [7, 11) is 1.71. The van der Waals surface area contributed by atoms with E-state index >= 15 is 0 Å². The molecule has 0 bridgehead atoms. The molecule has 1 atom stereocenters. The minimum atomic E-state index is -0.391. The van der Waals surface area contributed by atoms with Crippen LogP contribution in [0.4, 0.5) is 10.5 Å². The lowest BCUT2D eigenvalue weighted by Crippen LogP contribution is -2.38. The number of benzene rings is 1. The summed E-state index contributed by atoms with van der Waals surface area (Å²) in [4.78, 5) is 13.5. The van der Waals surface area contributed by atoms with Gasteiger partial charge in [-0.3, -0.25) is 0 Å². The van der Waals surface area contributed by atoms with Crippen molar-refractivity contribution in [3.05, 3.63) is 29.8 Å². The number of para-hydroxylation sites is 1. The van der Waals surface area contributed by atoms with E-state index in [1.54, 1.807) is 7.05 Å². The molecular formula is C14H20N2O2. The lowest BCUT2D eigenvalue weighted by Gasteiger charge is -2.21. The number of amides is 2. The number of carbonyl (C=O) groups excluding carboxylic acids is 1. The molecule has 4 heteroatoms. The van der Waals surface area contributed by atoms with Crippen LogP contribution in [0.25, 0.3) is 0 Å². The smallest absolute Gasteiger partial charge is 0.321 e. The molecule has 1 aliphatic rings. The van der Waals surface area contributed by atoms with Crippen molar-refractivity contribution >= 4 is 11.7 Å². The summed E-state index contributed by atoms with van der Waals surface area (Å²) in [6.45, 7) is 2.34. The van der Waals surface area contributed by atoms with E-state index in [1.165, 1.54) is 4.90 Å². The summed E-state index contributed by atoms with van der Waals surface area (Å²) in [6, 6.07) is 7.48. The van der Waals surface area contributed by atoms with E-state index in [0.717, 1.165) is 24.1 Å². The maximum Gasteiger partial charge on any atom is 0.321 e. The lowest BCUT2D eigenvalue weighted by molar-refractivity contribution is 0.117. The molecule has 0 aliphatic heterocycles. The first-order valence-corrected chi connectivity index (χ1v) is 6.33. The molecule has 1 saturated carbocycles. The molecular weight excluding hydrogens is 228 g/mol. The zero-order valence-corrected chi connectivity index (χ0v) is 10.9. The van der Waals surface area contributed by atoms with Gasteiger partial charge in [0.2, 0.25) is 0 Å². The van der Waals surface area contributed by atoms with Crippen LogP contribution in [0.3, 0.4) is 0 Å². The maximum absolute atomic E-state index is 11.9. The molecule has 2 amide bonds. The Kier molecular flexibility index (Phi) is 3.87. The number of nitrogens with one attached hydrogen (secondary N) is 1. The first kappa shape index (κ1) is 12.9. The van der Waals surface area contributed by atoms with Crippen LogP contribution in [0.1, 0.15) is 18.4 Å². The van der Waals surface area contributed by atoms with Gasteiger partial charge in [-0.25, -0.2) is 4.79 Å².